The van der Waals surface area contributed by atoms with Crippen LogP contribution in [0.15, 0.2) is 53.4 Å². The van der Waals surface area contributed by atoms with Crippen molar-refractivity contribution >= 4 is 22.1 Å². The van der Waals surface area contributed by atoms with Crippen LogP contribution in [0.4, 0.5) is 0 Å². The molecule has 0 fully saturated rings. The van der Waals surface area contributed by atoms with E-state index in [9.17, 15) is 18.0 Å². The Kier molecular flexibility index (Phi) is 7.23. The molecule has 2 rings (SSSR count). The van der Waals surface area contributed by atoms with Gasteiger partial charge in [-0.15, -0.1) is 0 Å². The lowest BCUT2D eigenvalue weighted by Crippen LogP contribution is -2.33. The Labute approximate surface area is 157 Å². The quantitative estimate of drug-likeness (QED) is 0.522. The van der Waals surface area contributed by atoms with Crippen molar-refractivity contribution in [2.24, 2.45) is 0 Å². The molecule has 27 heavy (non-hydrogen) atoms. The number of rotatable bonds is 5. The maximum Gasteiger partial charge on any atom is 0.335 e. The Morgan fingerprint density at radius 3 is 1.67 bits per heavy atom. The van der Waals surface area contributed by atoms with Crippen molar-refractivity contribution in [1.82, 2.24) is 0 Å². The minimum atomic E-state index is -4.64. The van der Waals surface area contributed by atoms with Gasteiger partial charge in [0.1, 0.15) is 6.54 Å². The fourth-order valence-corrected chi connectivity index (χ4v) is 2.68. The first kappa shape index (κ1) is 22.3. The lowest BCUT2D eigenvalue weighted by Gasteiger charge is -2.23. The molecule has 0 aliphatic carbocycles. The second-order valence-corrected chi connectivity index (χ2v) is 8.19. The van der Waals surface area contributed by atoms with E-state index in [0.29, 0.717) is 12.1 Å². The van der Waals surface area contributed by atoms with Gasteiger partial charge >= 0.3 is 11.9 Å². The summed E-state index contributed by atoms with van der Waals surface area (Å²) in [5.41, 5.74) is 0.333. The monoisotopic (exact) mass is 396 g/mol. The number of benzene rings is 2. The van der Waals surface area contributed by atoms with E-state index in [4.69, 9.17) is 14.8 Å². The summed E-state index contributed by atoms with van der Waals surface area (Å²) in [7, 11) is 1.96. The van der Waals surface area contributed by atoms with Gasteiger partial charge in [-0.05, 0) is 18.2 Å². The summed E-state index contributed by atoms with van der Waals surface area (Å²) < 4.78 is 31.2. The first-order valence-electron chi connectivity index (χ1n) is 7.73. The molecule has 0 aromatic heterocycles. The zero-order valence-corrected chi connectivity index (χ0v) is 16.0. The van der Waals surface area contributed by atoms with Crippen LogP contribution in [0.2, 0.25) is 0 Å². The largest absolute Gasteiger partial charge is 0.478 e. The molecule has 0 saturated heterocycles. The Balaban J connectivity index is 0.000000289. The van der Waals surface area contributed by atoms with Gasteiger partial charge in [-0.25, -0.2) is 9.59 Å². The predicted octanol–water partition coefficient (Wildman–Crippen LogP) is 2.22. The highest BCUT2D eigenvalue weighted by Crippen LogP contribution is 2.15. The van der Waals surface area contributed by atoms with Gasteiger partial charge < -0.3 is 14.7 Å². The lowest BCUT2D eigenvalue weighted by atomic mass is 10.1. The molecule has 0 heterocycles. The number of hydrogen-bond acceptors (Lipinski definition) is 4. The molecule has 9 heteroatoms. The fraction of sp³-hybridized carbons (Fsp3) is 0.222. The van der Waals surface area contributed by atoms with Crippen LogP contribution >= 0.6 is 0 Å². The average molecular weight is 396 g/mol. The van der Waals surface area contributed by atoms with Crippen molar-refractivity contribution in [3.63, 3.8) is 0 Å². The number of quaternary nitrogens is 1. The van der Waals surface area contributed by atoms with Gasteiger partial charge in [-0.1, -0.05) is 30.3 Å². The highest BCUT2D eigenvalue weighted by molar-refractivity contribution is 7.85. The third-order valence-corrected chi connectivity index (χ3v) is 4.03. The van der Waals surface area contributed by atoms with Crippen molar-refractivity contribution in [2.75, 3.05) is 21.1 Å². The number of nitrogens with zero attached hydrogens (tertiary/aromatic N) is 1. The van der Waals surface area contributed by atoms with Crippen LogP contribution in [0, 0.1) is 0 Å². The Morgan fingerprint density at radius 2 is 1.33 bits per heavy atom. The zero-order valence-electron chi connectivity index (χ0n) is 15.2. The van der Waals surface area contributed by atoms with Gasteiger partial charge in [0.05, 0.1) is 37.2 Å². The summed E-state index contributed by atoms with van der Waals surface area (Å²) in [6.07, 6.45) is 0. The van der Waals surface area contributed by atoms with Gasteiger partial charge in [0.25, 0.3) is 10.1 Å². The molecule has 146 valence electrons. The van der Waals surface area contributed by atoms with Gasteiger partial charge in [0.2, 0.25) is 0 Å². The molecule has 2 aromatic carbocycles. The first-order chi connectivity index (χ1) is 12.3. The van der Waals surface area contributed by atoms with Crippen molar-refractivity contribution in [3.05, 3.63) is 65.2 Å². The van der Waals surface area contributed by atoms with Crippen LogP contribution < -0.4 is 0 Å². The molecule has 0 aliphatic rings. The highest BCUT2D eigenvalue weighted by atomic mass is 32.2. The molecule has 0 unspecified atom stereocenters. The molecule has 0 spiro atoms. The topological polar surface area (TPSA) is 129 Å². The van der Waals surface area contributed by atoms with E-state index < -0.39 is 38.1 Å². The molecular weight excluding hydrogens is 374 g/mol. The van der Waals surface area contributed by atoms with E-state index in [1.165, 1.54) is 5.56 Å². The molecule has 0 amide bonds. The molecule has 2 aromatic rings. The summed E-state index contributed by atoms with van der Waals surface area (Å²) in [5.74, 6) is -2.99. The van der Waals surface area contributed by atoms with E-state index in [2.05, 4.69) is 51.5 Å². The number of carbonyl (C=O) groups is 2. The second-order valence-electron chi connectivity index (χ2n) is 6.77. The number of carboxylic acids is 2. The molecular formula is C18H22NO7S+. The summed E-state index contributed by atoms with van der Waals surface area (Å²) in [6, 6.07) is 12.7. The Bertz CT molecular complexity index is 884. The first-order valence-corrected chi connectivity index (χ1v) is 9.17. The smallest absolute Gasteiger partial charge is 0.335 e. The molecule has 3 N–H and O–H groups in total. The maximum absolute atomic E-state index is 10.8. The zero-order chi connectivity index (χ0) is 20.8. The maximum atomic E-state index is 10.8. The third-order valence-electron chi connectivity index (χ3n) is 3.20. The van der Waals surface area contributed by atoms with E-state index >= 15 is 0 Å². The normalized spacial score (nSPS) is 11.3. The van der Waals surface area contributed by atoms with Crippen molar-refractivity contribution in [3.8, 4) is 0 Å². The van der Waals surface area contributed by atoms with Crippen LogP contribution in [0.5, 0.6) is 0 Å². The van der Waals surface area contributed by atoms with Gasteiger partial charge in [-0.3, -0.25) is 4.55 Å². The van der Waals surface area contributed by atoms with Crippen LogP contribution in [-0.4, -0.2) is 60.7 Å². The van der Waals surface area contributed by atoms with Crippen LogP contribution in [0.1, 0.15) is 26.3 Å². The Morgan fingerprint density at radius 1 is 0.889 bits per heavy atom. The van der Waals surface area contributed by atoms with Crippen LogP contribution in [0.3, 0.4) is 0 Å². The van der Waals surface area contributed by atoms with E-state index in [-0.39, 0.29) is 0 Å². The molecule has 0 bridgehead atoms. The standard InChI is InChI=1S/C10H16N.C8H6O7S/c1-11(2,3)9-10-7-5-4-6-8-10;9-7(10)4-1-5(8(11)12)3-6(2-4)16(13,14)15/h4-8H,9H2,1-3H3;1-3H,(H,9,10)(H,11,12)(H,13,14,15)/q+1;. The molecule has 0 atom stereocenters. The van der Waals surface area contributed by atoms with Gasteiger partial charge in [-0.2, -0.15) is 8.42 Å². The number of hydrogen-bond donors (Lipinski definition) is 3. The minimum absolute atomic E-state index is 0.535. The molecule has 0 radical (unpaired) electrons. The van der Waals surface area contributed by atoms with Crippen molar-refractivity contribution in [1.29, 1.82) is 0 Å². The van der Waals surface area contributed by atoms with Crippen LogP contribution in [-0.2, 0) is 16.7 Å². The Hall–Kier alpha value is -2.75. The van der Waals surface area contributed by atoms with E-state index in [0.717, 1.165) is 17.1 Å². The third kappa shape index (κ3) is 7.99. The summed E-state index contributed by atoms with van der Waals surface area (Å²) >= 11 is 0. The number of aromatic carboxylic acids is 2. The minimum Gasteiger partial charge on any atom is -0.478 e. The summed E-state index contributed by atoms with van der Waals surface area (Å²) in [6.45, 7) is 1.10. The molecule has 8 nitrogen and oxygen atoms in total. The van der Waals surface area contributed by atoms with E-state index in [1.54, 1.807) is 0 Å². The second kappa shape index (κ2) is 8.76. The summed E-state index contributed by atoms with van der Waals surface area (Å²) in [5, 5.41) is 17.2. The molecule has 0 saturated carbocycles. The molecule has 0 aliphatic heterocycles. The number of carboxylic acid groups (broad SMARTS) is 2. The van der Waals surface area contributed by atoms with Gasteiger partial charge in [0.15, 0.2) is 0 Å². The highest BCUT2D eigenvalue weighted by Gasteiger charge is 2.17. The fourth-order valence-electron chi connectivity index (χ4n) is 2.13. The summed E-state index contributed by atoms with van der Waals surface area (Å²) in [4.78, 5) is 20.4. The average Bonchev–Trinajstić information content (AvgIpc) is 2.53. The van der Waals surface area contributed by atoms with Crippen molar-refractivity contribution in [2.45, 2.75) is 11.4 Å². The van der Waals surface area contributed by atoms with Crippen LogP contribution in [0.25, 0.3) is 0 Å². The predicted molar refractivity (Wildman–Crippen MR) is 98.4 cm³/mol. The van der Waals surface area contributed by atoms with E-state index in [1.807, 2.05) is 0 Å². The van der Waals surface area contributed by atoms with Crippen molar-refractivity contribution < 1.29 is 37.3 Å². The SMILES string of the molecule is C[N+](C)(C)Cc1ccccc1.O=C(O)c1cc(C(=O)O)cc(S(=O)(=O)O)c1. The van der Waals surface area contributed by atoms with Gasteiger partial charge in [0, 0.05) is 5.56 Å². The lowest BCUT2D eigenvalue weighted by molar-refractivity contribution is -0.884.